The van der Waals surface area contributed by atoms with E-state index >= 15 is 0 Å². The molecule has 2 aromatic rings. The molecule has 1 aromatic heterocycles. The van der Waals surface area contributed by atoms with Crippen molar-refractivity contribution in [1.29, 1.82) is 0 Å². The summed E-state index contributed by atoms with van der Waals surface area (Å²) in [6.45, 7) is 0. The number of aromatic amines is 1. The fraction of sp³-hybridized carbons (Fsp3) is 0.533. The number of hydrogen-bond donors (Lipinski definition) is 1. The highest BCUT2D eigenvalue weighted by Gasteiger charge is 2.36. The molecule has 2 saturated carbocycles. The van der Waals surface area contributed by atoms with Gasteiger partial charge in [-0.05, 0) is 43.2 Å². The molecule has 1 N–H and O–H groups in total. The first kappa shape index (κ1) is 14.6. The summed E-state index contributed by atoms with van der Waals surface area (Å²) < 4.78 is 29.0. The Bertz CT molecular complexity index is 727. The number of hydrogen-bond acceptors (Lipinski definition) is 1. The van der Waals surface area contributed by atoms with Crippen LogP contribution in [0.15, 0.2) is 16.9 Å². The average Bonchev–Trinajstić information content (AvgIpc) is 2.94. The van der Waals surface area contributed by atoms with Gasteiger partial charge in [-0.1, -0.05) is 12.8 Å². The van der Waals surface area contributed by atoms with Gasteiger partial charge in [-0.15, -0.1) is 12.4 Å². The second-order valence-corrected chi connectivity index (χ2v) is 6.23. The molecule has 2 atom stereocenters. The lowest BCUT2D eigenvalue weighted by atomic mass is 9.85. The van der Waals surface area contributed by atoms with Gasteiger partial charge in [-0.3, -0.25) is 4.57 Å². The summed E-state index contributed by atoms with van der Waals surface area (Å²) in [6, 6.07) is 2.49. The van der Waals surface area contributed by atoms with Crippen molar-refractivity contribution in [3.63, 3.8) is 0 Å². The Morgan fingerprint density at radius 1 is 1.10 bits per heavy atom. The third kappa shape index (κ3) is 2.18. The van der Waals surface area contributed by atoms with Gasteiger partial charge in [-0.2, -0.15) is 0 Å². The van der Waals surface area contributed by atoms with Crippen molar-refractivity contribution in [2.24, 2.45) is 11.8 Å². The number of H-pyrrole nitrogens is 1. The summed E-state index contributed by atoms with van der Waals surface area (Å²) in [5, 5.41) is 0. The van der Waals surface area contributed by atoms with Crippen molar-refractivity contribution < 1.29 is 8.78 Å². The molecule has 2 fully saturated rings. The maximum absolute atomic E-state index is 14.1. The normalized spacial score (nSPS) is 27.8. The molecule has 2 unspecified atom stereocenters. The molecule has 0 spiro atoms. The van der Waals surface area contributed by atoms with Gasteiger partial charge in [-0.25, -0.2) is 13.6 Å². The van der Waals surface area contributed by atoms with E-state index in [0.717, 1.165) is 18.9 Å². The number of fused-ring (bicyclic) bond motifs is 3. The number of nitrogens with one attached hydrogen (secondary N) is 1. The summed E-state index contributed by atoms with van der Waals surface area (Å²) in [7, 11) is 0. The first-order chi connectivity index (χ1) is 9.63. The van der Waals surface area contributed by atoms with Crippen LogP contribution < -0.4 is 5.69 Å². The molecule has 2 aliphatic rings. The predicted molar refractivity (Wildman–Crippen MR) is 78.8 cm³/mol. The third-order valence-corrected chi connectivity index (χ3v) is 5.00. The molecule has 2 bridgehead atoms. The summed E-state index contributed by atoms with van der Waals surface area (Å²) in [5.41, 5.74) is 0.156. The number of nitrogens with zero attached hydrogens (tertiary/aromatic N) is 1. The van der Waals surface area contributed by atoms with E-state index in [1.165, 1.54) is 29.9 Å². The van der Waals surface area contributed by atoms with E-state index in [0.29, 0.717) is 17.4 Å². The highest BCUT2D eigenvalue weighted by molar-refractivity contribution is 5.85. The van der Waals surface area contributed by atoms with E-state index in [1.807, 2.05) is 0 Å². The first-order valence-corrected chi connectivity index (χ1v) is 7.21. The lowest BCUT2D eigenvalue weighted by Gasteiger charge is -2.28. The van der Waals surface area contributed by atoms with Gasteiger partial charge in [0.2, 0.25) is 0 Å². The number of rotatable bonds is 1. The zero-order chi connectivity index (χ0) is 13.9. The fourth-order valence-corrected chi connectivity index (χ4v) is 4.18. The number of halogens is 3. The van der Waals surface area contributed by atoms with Crippen molar-refractivity contribution in [1.82, 2.24) is 9.55 Å². The Morgan fingerprint density at radius 3 is 2.43 bits per heavy atom. The van der Waals surface area contributed by atoms with Crippen LogP contribution in [0.4, 0.5) is 8.78 Å². The Morgan fingerprint density at radius 2 is 1.76 bits per heavy atom. The third-order valence-electron chi connectivity index (χ3n) is 5.00. The minimum atomic E-state index is -0.918. The van der Waals surface area contributed by atoms with Crippen LogP contribution >= 0.6 is 12.4 Å². The largest absolute Gasteiger partial charge is 0.326 e. The van der Waals surface area contributed by atoms with Crippen molar-refractivity contribution in [2.75, 3.05) is 0 Å². The average molecular weight is 315 g/mol. The van der Waals surface area contributed by atoms with E-state index in [-0.39, 0.29) is 29.7 Å². The second-order valence-electron chi connectivity index (χ2n) is 6.23. The van der Waals surface area contributed by atoms with Crippen LogP contribution in [-0.4, -0.2) is 9.55 Å². The van der Waals surface area contributed by atoms with E-state index < -0.39 is 11.6 Å². The first-order valence-electron chi connectivity index (χ1n) is 7.21. The summed E-state index contributed by atoms with van der Waals surface area (Å²) in [6.07, 6.45) is 5.44. The molecule has 114 valence electrons. The Balaban J connectivity index is 0.00000132. The molecule has 6 heteroatoms. The molecule has 0 aliphatic heterocycles. The maximum Gasteiger partial charge on any atom is 0.326 e. The van der Waals surface area contributed by atoms with Gasteiger partial charge < -0.3 is 4.98 Å². The van der Waals surface area contributed by atoms with E-state index in [1.54, 1.807) is 0 Å². The minimum Gasteiger partial charge on any atom is -0.305 e. The SMILES string of the molecule is Cl.O=c1[nH]c2ccc(F)c(F)c2n1C1CC2CCC(C2)C1. The van der Waals surface area contributed by atoms with Gasteiger partial charge in [0.05, 0.1) is 5.52 Å². The van der Waals surface area contributed by atoms with Crippen molar-refractivity contribution in [3.8, 4) is 0 Å². The van der Waals surface area contributed by atoms with Crippen LogP contribution in [-0.2, 0) is 0 Å². The Labute approximate surface area is 126 Å². The second kappa shape index (κ2) is 5.13. The van der Waals surface area contributed by atoms with Crippen LogP contribution in [0.1, 0.15) is 38.1 Å². The molecule has 2 aliphatic carbocycles. The smallest absolute Gasteiger partial charge is 0.305 e. The Hall–Kier alpha value is -1.36. The molecular weight excluding hydrogens is 298 g/mol. The quantitative estimate of drug-likeness (QED) is 0.854. The molecule has 3 nitrogen and oxygen atoms in total. The highest BCUT2D eigenvalue weighted by atomic mass is 35.5. The lowest BCUT2D eigenvalue weighted by Crippen LogP contribution is -2.27. The van der Waals surface area contributed by atoms with Gasteiger partial charge >= 0.3 is 5.69 Å². The zero-order valence-corrected chi connectivity index (χ0v) is 12.3. The van der Waals surface area contributed by atoms with Crippen LogP contribution in [0, 0.1) is 23.5 Å². The lowest BCUT2D eigenvalue weighted by molar-refractivity contribution is 0.261. The van der Waals surface area contributed by atoms with E-state index in [2.05, 4.69) is 4.98 Å². The minimum absolute atomic E-state index is 0. The summed E-state index contributed by atoms with van der Waals surface area (Å²) >= 11 is 0. The molecule has 4 rings (SSSR count). The van der Waals surface area contributed by atoms with Crippen LogP contribution in [0.2, 0.25) is 0 Å². The van der Waals surface area contributed by atoms with Gasteiger partial charge in [0.25, 0.3) is 0 Å². The van der Waals surface area contributed by atoms with E-state index in [9.17, 15) is 13.6 Å². The standard InChI is InChI=1S/C15H16F2N2O.ClH/c16-11-3-4-12-14(13(11)17)19(15(20)18-12)10-6-8-1-2-9(5-8)7-10;/h3-4,8-10H,1-2,5-7H2,(H,18,20);1H. The van der Waals surface area contributed by atoms with Crippen LogP contribution in [0.25, 0.3) is 11.0 Å². The zero-order valence-electron chi connectivity index (χ0n) is 11.4. The molecule has 1 heterocycles. The molecular formula is C15H17ClF2N2O. The van der Waals surface area contributed by atoms with Crippen molar-refractivity contribution >= 4 is 23.4 Å². The van der Waals surface area contributed by atoms with Gasteiger partial charge in [0.1, 0.15) is 5.52 Å². The monoisotopic (exact) mass is 314 g/mol. The van der Waals surface area contributed by atoms with Crippen molar-refractivity contribution in [2.45, 2.75) is 38.1 Å². The van der Waals surface area contributed by atoms with Crippen molar-refractivity contribution in [3.05, 3.63) is 34.3 Å². The molecule has 0 radical (unpaired) electrons. The topological polar surface area (TPSA) is 37.8 Å². The highest BCUT2D eigenvalue weighted by Crippen LogP contribution is 2.46. The predicted octanol–water partition coefficient (Wildman–Crippen LogP) is 3.78. The van der Waals surface area contributed by atoms with Gasteiger partial charge in [0.15, 0.2) is 11.6 Å². The fourth-order valence-electron chi connectivity index (χ4n) is 4.18. The Kier molecular flexibility index (Phi) is 3.56. The van der Waals surface area contributed by atoms with E-state index in [4.69, 9.17) is 0 Å². The number of aromatic nitrogens is 2. The molecule has 21 heavy (non-hydrogen) atoms. The molecule has 1 aromatic carbocycles. The van der Waals surface area contributed by atoms with Crippen LogP contribution in [0.3, 0.4) is 0 Å². The molecule has 0 saturated heterocycles. The number of benzene rings is 1. The maximum atomic E-state index is 14.1. The van der Waals surface area contributed by atoms with Crippen LogP contribution in [0.5, 0.6) is 0 Å². The summed E-state index contributed by atoms with van der Waals surface area (Å²) in [4.78, 5) is 14.8. The molecule has 0 amide bonds. The van der Waals surface area contributed by atoms with Gasteiger partial charge in [0, 0.05) is 6.04 Å². The summed E-state index contributed by atoms with van der Waals surface area (Å²) in [5.74, 6) is -0.553. The number of imidazole rings is 1.